The molecule has 0 amide bonds. The zero-order valence-electron chi connectivity index (χ0n) is 17.4. The second kappa shape index (κ2) is 12.6. The number of carbonyl (C=O) groups excluding carboxylic acids is 1. The van der Waals surface area contributed by atoms with Crippen LogP contribution in [0, 0.1) is 11.8 Å². The maximum atomic E-state index is 12.1. The zero-order chi connectivity index (χ0) is 21.4. The highest BCUT2D eigenvalue weighted by molar-refractivity contribution is 6.23. The van der Waals surface area contributed by atoms with Gasteiger partial charge in [-0.3, -0.25) is 4.79 Å². The van der Waals surface area contributed by atoms with Gasteiger partial charge in [0.15, 0.2) is 0 Å². The first-order valence-electron chi connectivity index (χ1n) is 10.9. The molecule has 29 heavy (non-hydrogen) atoms. The molecule has 0 saturated heterocycles. The molecule has 0 heterocycles. The van der Waals surface area contributed by atoms with Gasteiger partial charge in [0, 0.05) is 42.5 Å². The van der Waals surface area contributed by atoms with E-state index in [4.69, 9.17) is 33.7 Å². The van der Waals surface area contributed by atoms with Crippen LogP contribution >= 0.6 is 23.2 Å². The molecule has 5 atom stereocenters. The van der Waals surface area contributed by atoms with Gasteiger partial charge >= 0.3 is 5.97 Å². The minimum Gasteiger partial charge on any atom is -0.466 e. The van der Waals surface area contributed by atoms with E-state index in [-0.39, 0.29) is 48.2 Å². The number of carbonyl (C=O) groups is 1. The van der Waals surface area contributed by atoms with Crippen LogP contribution in [0.4, 0.5) is 0 Å². The van der Waals surface area contributed by atoms with Crippen LogP contribution in [0.3, 0.4) is 0 Å². The molecular weight excluding hydrogens is 417 g/mol. The number of nitrogens with two attached hydrogens (primary N) is 1. The molecule has 2 aliphatic carbocycles. The summed E-state index contributed by atoms with van der Waals surface area (Å²) in [5, 5.41) is 23.3. The summed E-state index contributed by atoms with van der Waals surface area (Å²) in [7, 11) is 0. The molecule has 2 aliphatic rings. The second-order valence-corrected chi connectivity index (χ2v) is 9.84. The molecular formula is C20H37Cl2N3O4. The van der Waals surface area contributed by atoms with Crippen LogP contribution in [0.25, 0.3) is 0 Å². The van der Waals surface area contributed by atoms with Crippen LogP contribution < -0.4 is 5.73 Å². The number of hydroxylamine groups is 4. The number of hydrogen-bond acceptors (Lipinski definition) is 7. The minimum atomic E-state index is -0.437. The lowest BCUT2D eigenvalue weighted by Gasteiger charge is -2.38. The lowest BCUT2D eigenvalue weighted by Crippen LogP contribution is -2.46. The molecule has 0 aliphatic heterocycles. The minimum absolute atomic E-state index is 0.00774. The molecule has 0 bridgehead atoms. The predicted octanol–water partition coefficient (Wildman–Crippen LogP) is 3.22. The van der Waals surface area contributed by atoms with Gasteiger partial charge in [-0.1, -0.05) is 6.42 Å². The highest BCUT2D eigenvalue weighted by Crippen LogP contribution is 2.35. The molecule has 7 nitrogen and oxygen atoms in total. The number of halogens is 2. The average Bonchev–Trinajstić information content (AvgIpc) is 2.63. The molecule has 9 heteroatoms. The largest absolute Gasteiger partial charge is 0.466 e. The molecule has 2 fully saturated rings. The Hall–Kier alpha value is -0.150. The summed E-state index contributed by atoms with van der Waals surface area (Å²) in [5.41, 5.74) is 6.02. The molecule has 0 aromatic rings. The van der Waals surface area contributed by atoms with Crippen LogP contribution in [0.1, 0.15) is 58.3 Å². The van der Waals surface area contributed by atoms with E-state index in [2.05, 4.69) is 0 Å². The molecule has 0 aromatic heterocycles. The number of alkyl halides is 2. The molecule has 0 radical (unpaired) electrons. The van der Waals surface area contributed by atoms with Gasteiger partial charge in [-0.05, 0) is 57.3 Å². The van der Waals surface area contributed by atoms with E-state index in [1.54, 1.807) is 6.92 Å². The van der Waals surface area contributed by atoms with E-state index >= 15 is 0 Å². The van der Waals surface area contributed by atoms with E-state index in [1.165, 1.54) is 5.06 Å². The van der Waals surface area contributed by atoms with E-state index in [9.17, 15) is 15.2 Å². The normalized spacial score (nSPS) is 31.8. The lowest BCUT2D eigenvalue weighted by atomic mass is 9.82. The van der Waals surface area contributed by atoms with Gasteiger partial charge in [0.25, 0.3) is 0 Å². The topological polar surface area (TPSA) is 99.3 Å². The smallest absolute Gasteiger partial charge is 0.307 e. The molecule has 0 spiro atoms. The maximum absolute atomic E-state index is 12.1. The quantitative estimate of drug-likeness (QED) is 0.265. The number of esters is 1. The number of ether oxygens (including phenoxy) is 1. The third-order valence-corrected chi connectivity index (χ3v) is 6.83. The summed E-state index contributed by atoms with van der Waals surface area (Å²) in [6.07, 6.45) is 6.30. The van der Waals surface area contributed by atoms with Crippen molar-refractivity contribution in [3.8, 4) is 0 Å². The third kappa shape index (κ3) is 8.85. The fraction of sp³-hybridized carbons (Fsp3) is 0.950. The van der Waals surface area contributed by atoms with Gasteiger partial charge in [0.1, 0.15) is 0 Å². The summed E-state index contributed by atoms with van der Waals surface area (Å²) < 4.78 is 5.09. The number of hydrogen-bond donors (Lipinski definition) is 3. The van der Waals surface area contributed by atoms with E-state index in [0.29, 0.717) is 31.9 Å². The van der Waals surface area contributed by atoms with Crippen LogP contribution in [0.2, 0.25) is 0 Å². The van der Waals surface area contributed by atoms with Crippen molar-refractivity contribution in [3.05, 3.63) is 0 Å². The fourth-order valence-corrected chi connectivity index (χ4v) is 5.69. The van der Waals surface area contributed by atoms with E-state index < -0.39 is 6.04 Å². The second-order valence-electron chi connectivity index (χ2n) is 8.61. The van der Waals surface area contributed by atoms with Crippen molar-refractivity contribution in [2.24, 2.45) is 17.6 Å². The van der Waals surface area contributed by atoms with Crippen LogP contribution in [0.15, 0.2) is 0 Å². The molecule has 2 saturated carbocycles. The SMILES string of the molecule is CCOC(=O)CC(C1CC(Cl)CC(Cl)C1)N(O)CCN(O)CC1CCCC(N)C1. The summed E-state index contributed by atoms with van der Waals surface area (Å²) >= 11 is 12.7. The Morgan fingerprint density at radius 1 is 1.14 bits per heavy atom. The van der Waals surface area contributed by atoms with Crippen LogP contribution in [-0.4, -0.2) is 75.6 Å². The first-order chi connectivity index (χ1) is 13.8. The highest BCUT2D eigenvalue weighted by atomic mass is 35.5. The van der Waals surface area contributed by atoms with Crippen molar-refractivity contribution in [2.75, 3.05) is 26.2 Å². The van der Waals surface area contributed by atoms with Crippen molar-refractivity contribution in [3.63, 3.8) is 0 Å². The van der Waals surface area contributed by atoms with Crippen molar-refractivity contribution >= 4 is 29.2 Å². The van der Waals surface area contributed by atoms with Crippen LogP contribution in [-0.2, 0) is 9.53 Å². The van der Waals surface area contributed by atoms with E-state index in [1.807, 2.05) is 0 Å². The monoisotopic (exact) mass is 453 g/mol. The number of nitrogens with zero attached hydrogens (tertiary/aromatic N) is 2. The molecule has 2 rings (SSSR count). The molecule has 170 valence electrons. The Kier molecular flexibility index (Phi) is 10.9. The van der Waals surface area contributed by atoms with Crippen molar-refractivity contribution in [2.45, 2.75) is 81.1 Å². The maximum Gasteiger partial charge on any atom is 0.307 e. The first kappa shape index (κ1) is 25.1. The van der Waals surface area contributed by atoms with Crippen molar-refractivity contribution in [1.29, 1.82) is 0 Å². The summed E-state index contributed by atoms with van der Waals surface area (Å²) in [6.45, 7) is 3.10. The summed E-state index contributed by atoms with van der Waals surface area (Å²) in [6, 6.07) is -0.225. The summed E-state index contributed by atoms with van der Waals surface area (Å²) in [5.74, 6) is 0.0154. The fourth-order valence-electron chi connectivity index (χ4n) is 4.71. The van der Waals surface area contributed by atoms with Gasteiger partial charge in [-0.25, -0.2) is 0 Å². The lowest BCUT2D eigenvalue weighted by molar-refractivity contribution is -0.180. The van der Waals surface area contributed by atoms with Gasteiger partial charge in [0.2, 0.25) is 0 Å². The Morgan fingerprint density at radius 3 is 2.45 bits per heavy atom. The Balaban J connectivity index is 1.89. The average molecular weight is 454 g/mol. The summed E-state index contributed by atoms with van der Waals surface area (Å²) in [4.78, 5) is 12.1. The highest BCUT2D eigenvalue weighted by Gasteiger charge is 2.36. The van der Waals surface area contributed by atoms with Crippen molar-refractivity contribution < 1.29 is 19.9 Å². The predicted molar refractivity (Wildman–Crippen MR) is 113 cm³/mol. The van der Waals surface area contributed by atoms with Gasteiger partial charge in [0.05, 0.1) is 13.0 Å². The standard InChI is InChI=1S/C20H37Cl2N3O4/c1-2-29-20(26)12-19(15-9-16(21)11-17(22)10-15)25(28)7-6-24(27)13-14-4-3-5-18(23)8-14/h14-19,27-28H,2-13,23H2,1H3. The zero-order valence-corrected chi connectivity index (χ0v) is 18.9. The Labute approximate surface area is 184 Å². The number of rotatable bonds is 10. The molecule has 4 N–H and O–H groups in total. The Morgan fingerprint density at radius 2 is 1.83 bits per heavy atom. The Bertz CT molecular complexity index is 492. The van der Waals surface area contributed by atoms with Gasteiger partial charge in [-0.2, -0.15) is 10.1 Å². The first-order valence-corrected chi connectivity index (χ1v) is 11.7. The van der Waals surface area contributed by atoms with Crippen LogP contribution in [0.5, 0.6) is 0 Å². The van der Waals surface area contributed by atoms with E-state index in [0.717, 1.165) is 37.2 Å². The van der Waals surface area contributed by atoms with Gasteiger partial charge < -0.3 is 20.9 Å². The van der Waals surface area contributed by atoms with Crippen molar-refractivity contribution in [1.82, 2.24) is 10.1 Å². The van der Waals surface area contributed by atoms with Gasteiger partial charge in [-0.15, -0.1) is 23.2 Å². The molecule has 5 unspecified atom stereocenters. The third-order valence-electron chi connectivity index (χ3n) is 6.12. The molecule has 0 aromatic carbocycles.